The predicted octanol–water partition coefficient (Wildman–Crippen LogP) is 3.42. The average molecular weight is 254 g/mol. The van der Waals surface area contributed by atoms with Gasteiger partial charge in [0.25, 0.3) is 0 Å². The third-order valence-electron chi connectivity index (χ3n) is 3.32. The van der Waals surface area contributed by atoms with E-state index < -0.39 is 0 Å². The Bertz CT molecular complexity index is 350. The zero-order valence-electron chi connectivity index (χ0n) is 10.3. The van der Waals surface area contributed by atoms with Crippen molar-refractivity contribution in [2.75, 3.05) is 19.8 Å². The lowest BCUT2D eigenvalue weighted by atomic mass is 9.94. The Morgan fingerprint density at radius 2 is 2.29 bits per heavy atom. The van der Waals surface area contributed by atoms with Crippen molar-refractivity contribution in [3.63, 3.8) is 0 Å². The lowest BCUT2D eigenvalue weighted by Crippen LogP contribution is -2.24. The van der Waals surface area contributed by atoms with Crippen molar-refractivity contribution < 1.29 is 4.74 Å². The third-order valence-corrected chi connectivity index (χ3v) is 3.67. The molecule has 2 rings (SSSR count). The van der Waals surface area contributed by atoms with Gasteiger partial charge in [-0.1, -0.05) is 36.7 Å². The summed E-state index contributed by atoms with van der Waals surface area (Å²) in [4.78, 5) is 0. The third kappa shape index (κ3) is 3.44. The molecular weight excluding hydrogens is 234 g/mol. The number of benzene rings is 1. The Kier molecular flexibility index (Phi) is 4.84. The first-order valence-corrected chi connectivity index (χ1v) is 6.74. The molecule has 17 heavy (non-hydrogen) atoms. The van der Waals surface area contributed by atoms with Crippen LogP contribution in [-0.4, -0.2) is 19.8 Å². The first kappa shape index (κ1) is 12.9. The quantitative estimate of drug-likeness (QED) is 0.868. The number of hydrogen-bond acceptors (Lipinski definition) is 2. The molecule has 1 aliphatic rings. The fourth-order valence-electron chi connectivity index (χ4n) is 2.43. The Labute approximate surface area is 108 Å². The van der Waals surface area contributed by atoms with Crippen LogP contribution in [0.4, 0.5) is 0 Å². The van der Waals surface area contributed by atoms with Crippen LogP contribution >= 0.6 is 11.6 Å². The first-order chi connectivity index (χ1) is 8.31. The monoisotopic (exact) mass is 253 g/mol. The van der Waals surface area contributed by atoms with Crippen LogP contribution in [0.1, 0.15) is 31.4 Å². The maximum absolute atomic E-state index is 6.27. The van der Waals surface area contributed by atoms with E-state index in [1.54, 1.807) is 0 Å². The molecule has 2 unspecified atom stereocenters. The number of hydrogen-bond donors (Lipinski definition) is 1. The molecule has 0 aliphatic carbocycles. The maximum atomic E-state index is 6.27. The van der Waals surface area contributed by atoms with Crippen molar-refractivity contribution in [3.05, 3.63) is 34.9 Å². The summed E-state index contributed by atoms with van der Waals surface area (Å²) in [6.07, 6.45) is 2.28. The van der Waals surface area contributed by atoms with E-state index in [4.69, 9.17) is 16.3 Å². The molecule has 1 heterocycles. The zero-order valence-corrected chi connectivity index (χ0v) is 11.0. The molecule has 0 saturated carbocycles. The highest BCUT2D eigenvalue weighted by Gasteiger charge is 2.22. The summed E-state index contributed by atoms with van der Waals surface area (Å²) in [5, 5.41) is 4.39. The van der Waals surface area contributed by atoms with Crippen molar-refractivity contribution >= 4 is 11.6 Å². The predicted molar refractivity (Wildman–Crippen MR) is 71.4 cm³/mol. The molecule has 1 saturated heterocycles. The van der Waals surface area contributed by atoms with Gasteiger partial charge in [-0.3, -0.25) is 0 Å². The van der Waals surface area contributed by atoms with Crippen LogP contribution in [0.3, 0.4) is 0 Å². The van der Waals surface area contributed by atoms with Crippen LogP contribution in [0.5, 0.6) is 0 Å². The van der Waals surface area contributed by atoms with Gasteiger partial charge in [-0.25, -0.2) is 0 Å². The summed E-state index contributed by atoms with van der Waals surface area (Å²) in [5.74, 6) is 0.662. The first-order valence-electron chi connectivity index (χ1n) is 6.36. The SMILES string of the molecule is CCNC(CC1CCOC1)c1ccccc1Cl. The van der Waals surface area contributed by atoms with Crippen LogP contribution in [0.2, 0.25) is 5.02 Å². The lowest BCUT2D eigenvalue weighted by molar-refractivity contribution is 0.181. The minimum Gasteiger partial charge on any atom is -0.381 e. The molecule has 0 aromatic heterocycles. The van der Waals surface area contributed by atoms with E-state index in [1.807, 2.05) is 12.1 Å². The average Bonchev–Trinajstić information content (AvgIpc) is 2.82. The number of halogens is 1. The van der Waals surface area contributed by atoms with Gasteiger partial charge in [0.2, 0.25) is 0 Å². The molecule has 2 atom stereocenters. The molecule has 0 spiro atoms. The molecule has 1 aromatic carbocycles. The van der Waals surface area contributed by atoms with Gasteiger partial charge < -0.3 is 10.1 Å². The van der Waals surface area contributed by atoms with Crippen molar-refractivity contribution in [2.24, 2.45) is 5.92 Å². The van der Waals surface area contributed by atoms with Gasteiger partial charge in [0.05, 0.1) is 0 Å². The Hall–Kier alpha value is -0.570. The second kappa shape index (κ2) is 6.39. The van der Waals surface area contributed by atoms with E-state index in [1.165, 1.54) is 12.0 Å². The highest BCUT2D eigenvalue weighted by molar-refractivity contribution is 6.31. The number of rotatable bonds is 5. The number of nitrogens with one attached hydrogen (secondary N) is 1. The van der Waals surface area contributed by atoms with Gasteiger partial charge in [0.1, 0.15) is 0 Å². The standard InChI is InChI=1S/C14H20ClNO/c1-2-16-14(9-11-7-8-17-10-11)12-5-3-4-6-13(12)15/h3-6,11,14,16H,2,7-10H2,1H3. The second-order valence-electron chi connectivity index (χ2n) is 4.60. The van der Waals surface area contributed by atoms with Crippen molar-refractivity contribution in [3.8, 4) is 0 Å². The molecule has 0 radical (unpaired) electrons. The van der Waals surface area contributed by atoms with Crippen molar-refractivity contribution in [1.82, 2.24) is 5.32 Å². The van der Waals surface area contributed by atoms with Gasteiger partial charge in [0.15, 0.2) is 0 Å². The molecule has 2 nitrogen and oxygen atoms in total. The molecule has 1 N–H and O–H groups in total. The molecule has 3 heteroatoms. The minimum atomic E-state index is 0.348. The molecule has 0 bridgehead atoms. The fourth-order valence-corrected chi connectivity index (χ4v) is 2.69. The maximum Gasteiger partial charge on any atom is 0.0495 e. The number of ether oxygens (including phenoxy) is 1. The van der Waals surface area contributed by atoms with E-state index in [0.717, 1.165) is 31.2 Å². The molecule has 1 fully saturated rings. The summed E-state index contributed by atoms with van der Waals surface area (Å²) in [6.45, 7) is 4.90. The molecule has 1 aromatic rings. The summed E-state index contributed by atoms with van der Waals surface area (Å²) in [5.41, 5.74) is 1.21. The van der Waals surface area contributed by atoms with Crippen LogP contribution < -0.4 is 5.32 Å². The van der Waals surface area contributed by atoms with Crippen molar-refractivity contribution in [2.45, 2.75) is 25.8 Å². The molecule has 94 valence electrons. The summed E-state index contributed by atoms with van der Waals surface area (Å²) < 4.78 is 5.44. The van der Waals surface area contributed by atoms with Crippen molar-refractivity contribution in [1.29, 1.82) is 0 Å². The smallest absolute Gasteiger partial charge is 0.0495 e. The second-order valence-corrected chi connectivity index (χ2v) is 5.00. The van der Waals surface area contributed by atoms with Gasteiger partial charge in [-0.05, 0) is 36.9 Å². The van der Waals surface area contributed by atoms with Gasteiger partial charge >= 0.3 is 0 Å². The Morgan fingerprint density at radius 3 is 2.94 bits per heavy atom. The van der Waals surface area contributed by atoms with Crippen LogP contribution in [0.25, 0.3) is 0 Å². The van der Waals surface area contributed by atoms with Gasteiger partial charge in [-0.15, -0.1) is 0 Å². The van der Waals surface area contributed by atoms with E-state index >= 15 is 0 Å². The van der Waals surface area contributed by atoms with E-state index in [2.05, 4.69) is 24.4 Å². The Balaban J connectivity index is 2.08. The van der Waals surface area contributed by atoms with Crippen LogP contribution in [0.15, 0.2) is 24.3 Å². The van der Waals surface area contributed by atoms with Crippen LogP contribution in [0, 0.1) is 5.92 Å². The summed E-state index contributed by atoms with van der Waals surface area (Å²) in [7, 11) is 0. The highest BCUT2D eigenvalue weighted by Crippen LogP contribution is 2.30. The summed E-state index contributed by atoms with van der Waals surface area (Å²) >= 11 is 6.27. The normalized spacial score (nSPS) is 21.6. The highest BCUT2D eigenvalue weighted by atomic mass is 35.5. The topological polar surface area (TPSA) is 21.3 Å². The van der Waals surface area contributed by atoms with Crippen LogP contribution in [-0.2, 0) is 4.74 Å². The largest absolute Gasteiger partial charge is 0.381 e. The van der Waals surface area contributed by atoms with E-state index in [0.29, 0.717) is 12.0 Å². The molecule has 1 aliphatic heterocycles. The summed E-state index contributed by atoms with van der Waals surface area (Å²) in [6, 6.07) is 8.46. The van der Waals surface area contributed by atoms with Gasteiger partial charge in [-0.2, -0.15) is 0 Å². The van der Waals surface area contributed by atoms with E-state index in [9.17, 15) is 0 Å². The van der Waals surface area contributed by atoms with Gasteiger partial charge in [0, 0.05) is 24.3 Å². The zero-order chi connectivity index (χ0) is 12.1. The molecular formula is C14H20ClNO. The molecule has 0 amide bonds. The van der Waals surface area contributed by atoms with E-state index in [-0.39, 0.29) is 0 Å². The Morgan fingerprint density at radius 1 is 1.47 bits per heavy atom. The minimum absolute atomic E-state index is 0.348. The lowest BCUT2D eigenvalue weighted by Gasteiger charge is -2.22. The fraction of sp³-hybridized carbons (Fsp3) is 0.571.